The first-order valence-electron chi connectivity index (χ1n) is 10.4. The van der Waals surface area contributed by atoms with Crippen LogP contribution in [0.5, 0.6) is 5.75 Å². The van der Waals surface area contributed by atoms with Crippen LogP contribution in [0.2, 0.25) is 0 Å². The van der Waals surface area contributed by atoms with Gasteiger partial charge in [-0.2, -0.15) is 9.41 Å². The molecule has 2 aliphatic heterocycles. The Kier molecular flexibility index (Phi) is 7.68. The lowest BCUT2D eigenvalue weighted by atomic mass is 9.92. The smallest absolute Gasteiger partial charge is 0.233 e. The number of fused-ring (bicyclic) bond motifs is 1. The molecule has 1 fully saturated rings. The number of ether oxygens (including phenoxy) is 1. The molecule has 2 heterocycles. The van der Waals surface area contributed by atoms with E-state index in [9.17, 15) is 8.42 Å². The number of sulfonamides is 1. The van der Waals surface area contributed by atoms with E-state index in [4.69, 9.17) is 10.6 Å². The van der Waals surface area contributed by atoms with Gasteiger partial charge in [0.1, 0.15) is 5.75 Å². The molecule has 9 nitrogen and oxygen atoms in total. The number of hydrogen-bond acceptors (Lipinski definition) is 6. The molecule has 2 aliphatic rings. The summed E-state index contributed by atoms with van der Waals surface area (Å²) in [5, 5.41) is 7.45. The van der Waals surface area contributed by atoms with Crippen molar-refractivity contribution in [2.75, 3.05) is 32.5 Å². The molecule has 0 aromatic heterocycles. The SMILES string of the molecule is C=N/N=C(\NN)N1CCC(CCCOc2ccc3c(c2)CCN(S(C)(=O)=O)C3)CC1. The van der Waals surface area contributed by atoms with Gasteiger partial charge in [0.2, 0.25) is 16.0 Å². The maximum Gasteiger partial charge on any atom is 0.233 e. The third kappa shape index (κ3) is 5.93. The predicted molar refractivity (Wildman–Crippen MR) is 119 cm³/mol. The highest BCUT2D eigenvalue weighted by molar-refractivity contribution is 7.88. The van der Waals surface area contributed by atoms with Gasteiger partial charge in [-0.15, -0.1) is 5.10 Å². The lowest BCUT2D eigenvalue weighted by Gasteiger charge is -2.33. The molecule has 3 rings (SSSR count). The second kappa shape index (κ2) is 10.2. The Morgan fingerprint density at radius 2 is 2.07 bits per heavy atom. The van der Waals surface area contributed by atoms with Gasteiger partial charge in [-0.1, -0.05) is 6.07 Å². The first kappa shape index (κ1) is 22.5. The second-order valence-corrected chi connectivity index (χ2v) is 9.89. The summed E-state index contributed by atoms with van der Waals surface area (Å²) >= 11 is 0. The summed E-state index contributed by atoms with van der Waals surface area (Å²) < 4.78 is 31.0. The summed E-state index contributed by atoms with van der Waals surface area (Å²) in [6, 6.07) is 5.99. The third-order valence-electron chi connectivity index (χ3n) is 5.86. The van der Waals surface area contributed by atoms with Crippen LogP contribution >= 0.6 is 0 Å². The van der Waals surface area contributed by atoms with E-state index in [1.807, 2.05) is 12.1 Å². The van der Waals surface area contributed by atoms with Crippen molar-refractivity contribution in [3.05, 3.63) is 29.3 Å². The Morgan fingerprint density at radius 3 is 2.73 bits per heavy atom. The van der Waals surface area contributed by atoms with Gasteiger partial charge < -0.3 is 9.64 Å². The van der Waals surface area contributed by atoms with Gasteiger partial charge >= 0.3 is 0 Å². The Labute approximate surface area is 179 Å². The fraction of sp³-hybridized carbons (Fsp3) is 0.600. The Bertz CT molecular complexity index is 865. The van der Waals surface area contributed by atoms with E-state index < -0.39 is 10.0 Å². The molecule has 166 valence electrons. The number of rotatable bonds is 7. The quantitative estimate of drug-likeness (QED) is 0.219. The highest BCUT2D eigenvalue weighted by Crippen LogP contribution is 2.26. The molecule has 1 aromatic carbocycles. The zero-order chi connectivity index (χ0) is 21.6. The molecule has 0 atom stereocenters. The van der Waals surface area contributed by atoms with Crippen LogP contribution in [0.3, 0.4) is 0 Å². The number of likely N-dealkylation sites (tertiary alicyclic amines) is 1. The van der Waals surface area contributed by atoms with Crippen molar-refractivity contribution >= 4 is 22.7 Å². The molecule has 0 aliphatic carbocycles. The maximum absolute atomic E-state index is 11.7. The van der Waals surface area contributed by atoms with Crippen molar-refractivity contribution in [1.82, 2.24) is 14.6 Å². The first-order valence-corrected chi connectivity index (χ1v) is 12.2. The Hall–Kier alpha value is -2.17. The minimum Gasteiger partial charge on any atom is -0.494 e. The summed E-state index contributed by atoms with van der Waals surface area (Å²) in [5.74, 6) is 7.59. The van der Waals surface area contributed by atoms with Crippen molar-refractivity contribution < 1.29 is 13.2 Å². The molecule has 0 unspecified atom stereocenters. The largest absolute Gasteiger partial charge is 0.494 e. The number of nitrogens with two attached hydrogens (primary N) is 1. The molecule has 0 bridgehead atoms. The van der Waals surface area contributed by atoms with Crippen LogP contribution in [0.1, 0.15) is 36.8 Å². The molecule has 0 spiro atoms. The zero-order valence-corrected chi connectivity index (χ0v) is 18.4. The van der Waals surface area contributed by atoms with Crippen LogP contribution in [-0.2, 0) is 23.0 Å². The van der Waals surface area contributed by atoms with Gasteiger partial charge in [0, 0.05) is 32.9 Å². The van der Waals surface area contributed by atoms with Crippen molar-refractivity contribution in [2.45, 2.75) is 38.6 Å². The highest BCUT2D eigenvalue weighted by atomic mass is 32.2. The van der Waals surface area contributed by atoms with Gasteiger partial charge in [-0.05, 0) is 61.3 Å². The van der Waals surface area contributed by atoms with E-state index in [-0.39, 0.29) is 0 Å². The topological polar surface area (TPSA) is 113 Å². The van der Waals surface area contributed by atoms with Gasteiger partial charge in [-0.25, -0.2) is 14.3 Å². The fourth-order valence-electron chi connectivity index (χ4n) is 4.12. The van der Waals surface area contributed by atoms with E-state index in [0.29, 0.717) is 31.6 Å². The minimum absolute atomic E-state index is 0.447. The number of benzene rings is 1. The van der Waals surface area contributed by atoms with Crippen LogP contribution < -0.4 is 16.0 Å². The molecule has 1 aromatic rings. The normalized spacial score (nSPS) is 18.7. The lowest BCUT2D eigenvalue weighted by Crippen LogP contribution is -2.48. The highest BCUT2D eigenvalue weighted by Gasteiger charge is 2.23. The third-order valence-corrected chi connectivity index (χ3v) is 7.11. The fourth-order valence-corrected chi connectivity index (χ4v) is 4.92. The molecule has 0 radical (unpaired) electrons. The maximum atomic E-state index is 11.7. The monoisotopic (exact) mass is 436 g/mol. The number of guanidine groups is 1. The van der Waals surface area contributed by atoms with Crippen LogP contribution in [0.25, 0.3) is 0 Å². The van der Waals surface area contributed by atoms with Gasteiger partial charge in [0.15, 0.2) is 0 Å². The van der Waals surface area contributed by atoms with Crippen molar-refractivity contribution in [1.29, 1.82) is 0 Å². The Balaban J connectivity index is 1.40. The first-order chi connectivity index (χ1) is 14.4. The second-order valence-electron chi connectivity index (χ2n) is 7.91. The molecular weight excluding hydrogens is 404 g/mol. The number of nitrogens with zero attached hydrogens (tertiary/aromatic N) is 4. The van der Waals surface area contributed by atoms with Gasteiger partial charge in [0.25, 0.3) is 0 Å². The van der Waals surface area contributed by atoms with Crippen LogP contribution in [0.4, 0.5) is 0 Å². The number of hydrazine groups is 1. The molecular formula is C20H32N6O3S. The summed E-state index contributed by atoms with van der Waals surface area (Å²) in [5.41, 5.74) is 4.82. The Morgan fingerprint density at radius 1 is 1.30 bits per heavy atom. The van der Waals surface area contributed by atoms with Gasteiger partial charge in [-0.3, -0.25) is 5.43 Å². The summed E-state index contributed by atoms with van der Waals surface area (Å²) in [6.07, 6.45) is 6.31. The average molecular weight is 437 g/mol. The van der Waals surface area contributed by atoms with Crippen LogP contribution in [0.15, 0.2) is 28.4 Å². The number of hydrogen-bond donors (Lipinski definition) is 2. The molecule has 0 saturated carbocycles. The predicted octanol–water partition coefficient (Wildman–Crippen LogP) is 1.31. The van der Waals surface area contributed by atoms with Crippen molar-refractivity contribution in [2.24, 2.45) is 22.0 Å². The van der Waals surface area contributed by atoms with Crippen molar-refractivity contribution in [3.8, 4) is 5.75 Å². The zero-order valence-electron chi connectivity index (χ0n) is 17.6. The summed E-state index contributed by atoms with van der Waals surface area (Å²) in [4.78, 5) is 2.10. The number of nitrogens with one attached hydrogen (secondary N) is 1. The van der Waals surface area contributed by atoms with E-state index in [1.54, 1.807) is 0 Å². The van der Waals surface area contributed by atoms with Crippen molar-refractivity contribution in [3.63, 3.8) is 0 Å². The minimum atomic E-state index is -3.14. The van der Waals surface area contributed by atoms with Crippen LogP contribution in [0, 0.1) is 5.92 Å². The molecule has 10 heteroatoms. The van der Waals surface area contributed by atoms with E-state index in [0.717, 1.165) is 56.5 Å². The number of piperidine rings is 1. The molecule has 0 amide bonds. The van der Waals surface area contributed by atoms with E-state index >= 15 is 0 Å². The average Bonchev–Trinajstić information content (AvgIpc) is 2.74. The molecule has 30 heavy (non-hydrogen) atoms. The standard InChI is InChI=1S/C20H32N6O3S/c1-22-24-20(23-21)25-10-7-16(8-11-25)4-3-13-29-19-6-5-18-15-26(30(2,27)28)12-9-17(18)14-19/h5-6,14,16H,1,3-4,7-13,15,21H2,2H3,(H,23,24). The van der Waals surface area contributed by atoms with E-state index in [2.05, 4.69) is 33.3 Å². The van der Waals surface area contributed by atoms with Gasteiger partial charge in [0.05, 0.1) is 12.9 Å². The summed E-state index contributed by atoms with van der Waals surface area (Å²) in [6.45, 7) is 6.84. The lowest BCUT2D eigenvalue weighted by molar-refractivity contribution is 0.229. The molecule has 1 saturated heterocycles. The van der Waals surface area contributed by atoms with Crippen LogP contribution in [-0.4, -0.2) is 62.8 Å². The summed E-state index contributed by atoms with van der Waals surface area (Å²) in [7, 11) is -3.14. The van der Waals surface area contributed by atoms with E-state index in [1.165, 1.54) is 16.1 Å². The molecule has 3 N–H and O–H groups in total.